The molecule has 0 bridgehead atoms. The van der Waals surface area contributed by atoms with Crippen LogP contribution in [0, 0.1) is 0 Å². The van der Waals surface area contributed by atoms with Crippen LogP contribution in [0.2, 0.25) is 0 Å². The zero-order valence-electron chi connectivity index (χ0n) is 9.89. The molecule has 1 N–H and O–H groups in total. The number of nitrogens with one attached hydrogen (secondary N) is 1. The Kier molecular flexibility index (Phi) is 4.46. The molecule has 0 aromatic rings. The molecule has 2 fully saturated rings. The predicted octanol–water partition coefficient (Wildman–Crippen LogP) is 2.10. The first-order valence-electron chi connectivity index (χ1n) is 5.88. The molecular formula is C11H22F2N2. The van der Waals surface area contributed by atoms with Gasteiger partial charge in [0.05, 0.1) is 6.54 Å². The van der Waals surface area contributed by atoms with Gasteiger partial charge in [0.25, 0.3) is 5.92 Å². The molecule has 1 heterocycles. The van der Waals surface area contributed by atoms with Crippen molar-refractivity contribution in [1.82, 2.24) is 10.2 Å². The van der Waals surface area contributed by atoms with Gasteiger partial charge in [-0.25, -0.2) is 8.78 Å². The van der Waals surface area contributed by atoms with E-state index in [1.54, 1.807) is 0 Å². The number of hydrogen-bond donors (Lipinski definition) is 1. The van der Waals surface area contributed by atoms with Crippen molar-refractivity contribution in [2.75, 3.05) is 20.1 Å². The standard InChI is InChI=1S/C9H16F2N2.C2H6/c1-13(8-2-3-8)5-7-4-9(10,11)6-12-7;1-2/h7-8,12H,2-6H2,1H3;1-2H3. The second-order valence-corrected chi connectivity index (χ2v) is 4.31. The zero-order valence-corrected chi connectivity index (χ0v) is 9.89. The molecule has 0 aromatic carbocycles. The van der Waals surface area contributed by atoms with Gasteiger partial charge in [-0.3, -0.25) is 0 Å². The molecule has 0 spiro atoms. The average molecular weight is 220 g/mol. The van der Waals surface area contributed by atoms with E-state index in [2.05, 4.69) is 10.2 Å². The fourth-order valence-corrected chi connectivity index (χ4v) is 1.94. The van der Waals surface area contributed by atoms with Gasteiger partial charge in [-0.1, -0.05) is 13.8 Å². The Labute approximate surface area is 91.0 Å². The van der Waals surface area contributed by atoms with Gasteiger partial charge >= 0.3 is 0 Å². The summed E-state index contributed by atoms with van der Waals surface area (Å²) in [5.41, 5.74) is 0. The number of nitrogens with zero attached hydrogens (tertiary/aromatic N) is 1. The molecule has 1 saturated heterocycles. The van der Waals surface area contributed by atoms with E-state index in [4.69, 9.17) is 0 Å². The van der Waals surface area contributed by atoms with Crippen LogP contribution in [0.3, 0.4) is 0 Å². The lowest BCUT2D eigenvalue weighted by atomic mass is 10.2. The van der Waals surface area contributed by atoms with Gasteiger partial charge in [0.15, 0.2) is 0 Å². The van der Waals surface area contributed by atoms with E-state index in [9.17, 15) is 8.78 Å². The smallest absolute Gasteiger partial charge is 0.261 e. The second-order valence-electron chi connectivity index (χ2n) is 4.31. The maximum Gasteiger partial charge on any atom is 0.261 e. The first-order chi connectivity index (χ1) is 7.07. The highest BCUT2D eigenvalue weighted by atomic mass is 19.3. The minimum absolute atomic E-state index is 0.00403. The van der Waals surface area contributed by atoms with E-state index in [1.807, 2.05) is 20.9 Å². The van der Waals surface area contributed by atoms with E-state index in [-0.39, 0.29) is 19.0 Å². The Morgan fingerprint density at radius 3 is 2.33 bits per heavy atom. The highest BCUT2D eigenvalue weighted by Crippen LogP contribution is 2.29. The topological polar surface area (TPSA) is 15.3 Å². The van der Waals surface area contributed by atoms with E-state index in [1.165, 1.54) is 12.8 Å². The summed E-state index contributed by atoms with van der Waals surface area (Å²) in [5, 5.41) is 2.87. The molecule has 0 radical (unpaired) electrons. The third-order valence-electron chi connectivity index (χ3n) is 2.87. The summed E-state index contributed by atoms with van der Waals surface area (Å²) in [4.78, 5) is 2.19. The first-order valence-corrected chi connectivity index (χ1v) is 5.88. The van der Waals surface area contributed by atoms with Crippen molar-refractivity contribution in [3.8, 4) is 0 Å². The van der Waals surface area contributed by atoms with Crippen molar-refractivity contribution in [3.63, 3.8) is 0 Å². The van der Waals surface area contributed by atoms with Crippen molar-refractivity contribution in [3.05, 3.63) is 0 Å². The molecule has 1 aliphatic heterocycles. The highest BCUT2D eigenvalue weighted by molar-refractivity contribution is 4.91. The molecule has 90 valence electrons. The zero-order chi connectivity index (χ0) is 11.5. The monoisotopic (exact) mass is 220 g/mol. The minimum Gasteiger partial charge on any atom is -0.307 e. The summed E-state index contributed by atoms with van der Waals surface area (Å²) in [6.07, 6.45) is 2.48. The Morgan fingerprint density at radius 2 is 1.93 bits per heavy atom. The number of rotatable bonds is 3. The molecule has 4 heteroatoms. The van der Waals surface area contributed by atoms with Crippen LogP contribution in [-0.2, 0) is 0 Å². The average Bonchev–Trinajstić information content (AvgIpc) is 2.96. The molecule has 0 amide bonds. The normalized spacial score (nSPS) is 28.8. The number of likely N-dealkylation sites (N-methyl/N-ethyl adjacent to an activating group) is 1. The predicted molar refractivity (Wildman–Crippen MR) is 58.4 cm³/mol. The lowest BCUT2D eigenvalue weighted by molar-refractivity contribution is 0.0201. The van der Waals surface area contributed by atoms with Crippen LogP contribution in [0.4, 0.5) is 8.78 Å². The molecule has 2 rings (SSSR count). The molecule has 2 aliphatic rings. The Balaban J connectivity index is 0.000000531. The Morgan fingerprint density at radius 1 is 1.33 bits per heavy atom. The quantitative estimate of drug-likeness (QED) is 0.783. The first kappa shape index (κ1) is 12.8. The third kappa shape index (κ3) is 4.03. The lowest BCUT2D eigenvalue weighted by Gasteiger charge is -2.20. The van der Waals surface area contributed by atoms with Gasteiger partial charge in [0.2, 0.25) is 0 Å². The summed E-state index contributed by atoms with van der Waals surface area (Å²) < 4.78 is 25.6. The SMILES string of the molecule is CC.CN(CC1CC(F)(F)CN1)C1CC1. The van der Waals surface area contributed by atoms with Crippen LogP contribution in [0.25, 0.3) is 0 Å². The van der Waals surface area contributed by atoms with Crippen LogP contribution < -0.4 is 5.32 Å². The largest absolute Gasteiger partial charge is 0.307 e. The number of halogens is 2. The van der Waals surface area contributed by atoms with Crippen LogP contribution in [0.1, 0.15) is 33.1 Å². The van der Waals surface area contributed by atoms with Crippen molar-refractivity contribution in [2.24, 2.45) is 0 Å². The summed E-state index contributed by atoms with van der Waals surface area (Å²) in [6, 6.07) is 0.650. The van der Waals surface area contributed by atoms with Crippen LogP contribution in [-0.4, -0.2) is 43.0 Å². The fraction of sp³-hybridized carbons (Fsp3) is 1.00. The van der Waals surface area contributed by atoms with Gasteiger partial charge in [0.1, 0.15) is 0 Å². The van der Waals surface area contributed by atoms with Crippen LogP contribution in [0.5, 0.6) is 0 Å². The number of hydrogen-bond acceptors (Lipinski definition) is 2. The van der Waals surface area contributed by atoms with Crippen molar-refractivity contribution >= 4 is 0 Å². The van der Waals surface area contributed by atoms with Gasteiger partial charge in [-0.15, -0.1) is 0 Å². The van der Waals surface area contributed by atoms with E-state index >= 15 is 0 Å². The summed E-state index contributed by atoms with van der Waals surface area (Å²) in [6.45, 7) is 4.62. The van der Waals surface area contributed by atoms with Gasteiger partial charge in [-0.05, 0) is 19.9 Å². The third-order valence-corrected chi connectivity index (χ3v) is 2.87. The van der Waals surface area contributed by atoms with Crippen molar-refractivity contribution < 1.29 is 8.78 Å². The molecule has 1 saturated carbocycles. The maximum absolute atomic E-state index is 12.8. The molecule has 0 aromatic heterocycles. The molecule has 1 unspecified atom stereocenters. The molecular weight excluding hydrogens is 198 g/mol. The lowest BCUT2D eigenvalue weighted by Crippen LogP contribution is -2.36. The van der Waals surface area contributed by atoms with Crippen LogP contribution in [0.15, 0.2) is 0 Å². The maximum atomic E-state index is 12.8. The van der Waals surface area contributed by atoms with Gasteiger partial charge in [-0.2, -0.15) is 0 Å². The summed E-state index contributed by atoms with van der Waals surface area (Å²) in [5.74, 6) is -2.48. The molecule has 1 atom stereocenters. The molecule has 2 nitrogen and oxygen atoms in total. The summed E-state index contributed by atoms with van der Waals surface area (Å²) >= 11 is 0. The second kappa shape index (κ2) is 5.21. The van der Waals surface area contributed by atoms with Crippen LogP contribution >= 0.6 is 0 Å². The Bertz CT molecular complexity index is 193. The van der Waals surface area contributed by atoms with E-state index in [0.717, 1.165) is 6.54 Å². The summed E-state index contributed by atoms with van der Waals surface area (Å²) in [7, 11) is 2.02. The fourth-order valence-electron chi connectivity index (χ4n) is 1.94. The number of alkyl halides is 2. The van der Waals surface area contributed by atoms with Gasteiger partial charge < -0.3 is 10.2 Å². The highest BCUT2D eigenvalue weighted by Gasteiger charge is 2.40. The van der Waals surface area contributed by atoms with E-state index in [0.29, 0.717) is 6.04 Å². The Hall–Kier alpha value is -0.220. The van der Waals surface area contributed by atoms with Crippen molar-refractivity contribution in [2.45, 2.75) is 51.1 Å². The van der Waals surface area contributed by atoms with E-state index < -0.39 is 5.92 Å². The van der Waals surface area contributed by atoms with Gasteiger partial charge in [0, 0.05) is 25.0 Å². The minimum atomic E-state index is -2.48. The van der Waals surface area contributed by atoms with Crippen molar-refractivity contribution in [1.29, 1.82) is 0 Å². The molecule has 15 heavy (non-hydrogen) atoms. The molecule has 1 aliphatic carbocycles.